The van der Waals surface area contributed by atoms with Gasteiger partial charge in [0.2, 0.25) is 0 Å². The number of piperazine rings is 1. The Labute approximate surface area is 295 Å². The molecule has 10 nitrogen and oxygen atoms in total. The Morgan fingerprint density at radius 1 is 0.960 bits per heavy atom. The van der Waals surface area contributed by atoms with Crippen LogP contribution < -0.4 is 19.3 Å². The molecule has 0 aliphatic carbocycles. The molecule has 0 spiro atoms. The number of fused-ring (bicyclic) bond motifs is 4. The number of likely N-dealkylation sites (N-methyl/N-ethyl adjacent to an activating group) is 1. The van der Waals surface area contributed by atoms with E-state index in [2.05, 4.69) is 70.2 Å². The fraction of sp³-hybridized carbons (Fsp3) is 0.475. The lowest BCUT2D eigenvalue weighted by Gasteiger charge is -2.43. The van der Waals surface area contributed by atoms with Gasteiger partial charge in [-0.3, -0.25) is 4.90 Å². The van der Waals surface area contributed by atoms with Gasteiger partial charge in [0.25, 0.3) is 0 Å². The molecule has 7 rings (SSSR count). The summed E-state index contributed by atoms with van der Waals surface area (Å²) in [6, 6.07) is 23.6. The van der Waals surface area contributed by atoms with Gasteiger partial charge in [0.15, 0.2) is 0 Å². The van der Waals surface area contributed by atoms with Crippen molar-refractivity contribution >= 4 is 28.4 Å². The highest BCUT2D eigenvalue weighted by Gasteiger charge is 2.45. The second-order valence-corrected chi connectivity index (χ2v) is 15.2. The van der Waals surface area contributed by atoms with Crippen molar-refractivity contribution in [3.8, 4) is 11.8 Å². The Morgan fingerprint density at radius 3 is 2.40 bits per heavy atom. The number of hydrogen-bond donors (Lipinski definition) is 0. The summed E-state index contributed by atoms with van der Waals surface area (Å²) >= 11 is 0. The van der Waals surface area contributed by atoms with Crippen molar-refractivity contribution in [3.05, 3.63) is 83.6 Å². The van der Waals surface area contributed by atoms with Gasteiger partial charge >= 0.3 is 12.1 Å². The van der Waals surface area contributed by atoms with Gasteiger partial charge in [0.05, 0.1) is 24.3 Å². The highest BCUT2D eigenvalue weighted by molar-refractivity contribution is 5.96. The molecule has 264 valence electrons. The van der Waals surface area contributed by atoms with Crippen molar-refractivity contribution < 1.29 is 19.0 Å². The van der Waals surface area contributed by atoms with Crippen LogP contribution in [0.3, 0.4) is 0 Å². The SMILES string of the molecule is CC(CN(C)C)Oc1nc2c(c(N3CC4CCC(C3)N4C(=O)OC(C)(C)C)n1)CCN(c1cc(OCc3ccccc3)cc3ccccc13)C2. The van der Waals surface area contributed by atoms with Crippen LogP contribution in [0.5, 0.6) is 11.8 Å². The molecule has 3 unspecified atom stereocenters. The lowest BCUT2D eigenvalue weighted by Crippen LogP contribution is -2.57. The average molecular weight is 679 g/mol. The summed E-state index contributed by atoms with van der Waals surface area (Å²) in [4.78, 5) is 32.3. The zero-order valence-electron chi connectivity index (χ0n) is 30.3. The maximum Gasteiger partial charge on any atom is 0.410 e. The molecule has 2 bridgehead atoms. The third-order valence-corrected chi connectivity index (χ3v) is 9.74. The predicted octanol–water partition coefficient (Wildman–Crippen LogP) is 6.69. The lowest BCUT2D eigenvalue weighted by molar-refractivity contribution is 0.0122. The van der Waals surface area contributed by atoms with Gasteiger partial charge in [0.1, 0.15) is 29.9 Å². The molecule has 4 heterocycles. The number of benzene rings is 3. The van der Waals surface area contributed by atoms with E-state index in [4.69, 9.17) is 24.2 Å². The summed E-state index contributed by atoms with van der Waals surface area (Å²) < 4.78 is 18.6. The van der Waals surface area contributed by atoms with Crippen LogP contribution in [0.4, 0.5) is 16.3 Å². The number of carbonyl (C=O) groups excluding carboxylic acids is 1. The minimum Gasteiger partial charge on any atom is -0.489 e. The fourth-order valence-electron chi connectivity index (χ4n) is 7.68. The van der Waals surface area contributed by atoms with E-state index >= 15 is 0 Å². The van der Waals surface area contributed by atoms with Gasteiger partial charge < -0.3 is 28.9 Å². The molecule has 3 aromatic carbocycles. The molecule has 2 fully saturated rings. The van der Waals surface area contributed by atoms with Gasteiger partial charge in [0, 0.05) is 48.9 Å². The number of carbonyl (C=O) groups is 1. The third kappa shape index (κ3) is 7.45. The summed E-state index contributed by atoms with van der Waals surface area (Å²) in [5.74, 6) is 1.78. The Kier molecular flexibility index (Phi) is 9.48. The third-order valence-electron chi connectivity index (χ3n) is 9.74. The molecule has 0 N–H and O–H groups in total. The van der Waals surface area contributed by atoms with Crippen molar-refractivity contribution in [2.45, 2.75) is 83.9 Å². The number of nitrogens with zero attached hydrogens (tertiary/aromatic N) is 6. The maximum absolute atomic E-state index is 13.2. The van der Waals surface area contributed by atoms with Crippen LogP contribution in [0.1, 0.15) is 57.4 Å². The molecule has 0 saturated carbocycles. The summed E-state index contributed by atoms with van der Waals surface area (Å²) in [5, 5.41) is 2.32. The quantitative estimate of drug-likeness (QED) is 0.192. The van der Waals surface area contributed by atoms with Gasteiger partial charge in [-0.2, -0.15) is 9.97 Å². The topological polar surface area (TPSA) is 83.5 Å². The van der Waals surface area contributed by atoms with E-state index in [9.17, 15) is 4.79 Å². The van der Waals surface area contributed by atoms with Crippen LogP contribution in [0.25, 0.3) is 10.8 Å². The van der Waals surface area contributed by atoms with E-state index < -0.39 is 5.60 Å². The summed E-state index contributed by atoms with van der Waals surface area (Å²) in [6.45, 7) is 12.0. The molecule has 1 aromatic heterocycles. The Balaban J connectivity index is 1.19. The van der Waals surface area contributed by atoms with Crippen molar-refractivity contribution in [2.75, 3.05) is 50.1 Å². The minimum atomic E-state index is -0.528. The number of rotatable bonds is 9. The van der Waals surface area contributed by atoms with Crippen LogP contribution in [0.15, 0.2) is 66.7 Å². The van der Waals surface area contributed by atoms with Crippen molar-refractivity contribution in [1.82, 2.24) is 19.8 Å². The summed E-state index contributed by atoms with van der Waals surface area (Å²) in [7, 11) is 4.08. The summed E-state index contributed by atoms with van der Waals surface area (Å²) in [6.07, 6.45) is 2.41. The van der Waals surface area contributed by atoms with E-state index in [1.807, 2.05) is 58.0 Å². The normalized spacial score (nSPS) is 19.5. The van der Waals surface area contributed by atoms with E-state index in [0.29, 0.717) is 32.3 Å². The highest BCUT2D eigenvalue weighted by atomic mass is 16.6. The van der Waals surface area contributed by atoms with E-state index in [1.54, 1.807) is 0 Å². The molecule has 0 radical (unpaired) electrons. The lowest BCUT2D eigenvalue weighted by atomic mass is 10.0. The molecular formula is C40H50N6O4. The zero-order chi connectivity index (χ0) is 35.0. The maximum atomic E-state index is 13.2. The van der Waals surface area contributed by atoms with Crippen molar-refractivity contribution in [3.63, 3.8) is 0 Å². The van der Waals surface area contributed by atoms with Gasteiger partial charge in [-0.05, 0) is 78.1 Å². The van der Waals surface area contributed by atoms with E-state index in [0.717, 1.165) is 66.3 Å². The largest absolute Gasteiger partial charge is 0.489 e. The van der Waals surface area contributed by atoms with Gasteiger partial charge in [-0.15, -0.1) is 0 Å². The first kappa shape index (κ1) is 33.9. The second-order valence-electron chi connectivity index (χ2n) is 15.2. The first-order chi connectivity index (χ1) is 24.0. The molecule has 3 atom stereocenters. The molecule has 3 aliphatic heterocycles. The molecule has 1 amide bonds. The van der Waals surface area contributed by atoms with Crippen molar-refractivity contribution in [1.29, 1.82) is 0 Å². The molecule has 3 aliphatic rings. The number of anilines is 2. The zero-order valence-corrected chi connectivity index (χ0v) is 30.3. The fourth-order valence-corrected chi connectivity index (χ4v) is 7.68. The Morgan fingerprint density at radius 2 is 1.68 bits per heavy atom. The second kappa shape index (κ2) is 14.0. The smallest absolute Gasteiger partial charge is 0.410 e. The Bertz CT molecular complexity index is 1810. The number of hydrogen-bond acceptors (Lipinski definition) is 9. The molecular weight excluding hydrogens is 628 g/mol. The highest BCUT2D eigenvalue weighted by Crippen LogP contribution is 2.39. The standard InChI is InChI=1S/C40H50N6O4/c1-27(22-43(5)6)49-38-41-35-25-44(36-21-32(20-29-14-10-11-15-33(29)36)48-26-28-12-8-7-9-13-28)19-18-34(35)37(42-38)45-23-30-16-17-31(24-45)46(30)39(47)50-40(2,3)4/h7-15,20-21,27,30-31H,16-19,22-26H2,1-6H3. The number of aromatic nitrogens is 2. The van der Waals surface area contributed by atoms with E-state index in [-0.39, 0.29) is 24.3 Å². The number of amides is 1. The van der Waals surface area contributed by atoms with Gasteiger partial charge in [-0.25, -0.2) is 4.79 Å². The number of ether oxygens (including phenoxy) is 3. The van der Waals surface area contributed by atoms with Crippen LogP contribution in [-0.4, -0.2) is 89.9 Å². The van der Waals surface area contributed by atoms with Crippen LogP contribution in [0, 0.1) is 0 Å². The first-order valence-electron chi connectivity index (χ1n) is 17.9. The molecule has 4 aromatic rings. The monoisotopic (exact) mass is 678 g/mol. The van der Waals surface area contributed by atoms with E-state index in [1.165, 1.54) is 10.9 Å². The van der Waals surface area contributed by atoms with Crippen LogP contribution >= 0.6 is 0 Å². The molecule has 50 heavy (non-hydrogen) atoms. The molecule has 2 saturated heterocycles. The summed E-state index contributed by atoms with van der Waals surface area (Å²) in [5.41, 5.74) is 3.88. The van der Waals surface area contributed by atoms with Gasteiger partial charge in [-0.1, -0.05) is 54.6 Å². The van der Waals surface area contributed by atoms with Crippen LogP contribution in [0.2, 0.25) is 0 Å². The minimum absolute atomic E-state index is 0.0799. The van der Waals surface area contributed by atoms with Crippen molar-refractivity contribution in [2.24, 2.45) is 0 Å². The predicted molar refractivity (Wildman–Crippen MR) is 197 cm³/mol. The average Bonchev–Trinajstić information content (AvgIpc) is 3.35. The Hall–Kier alpha value is -4.57. The first-order valence-corrected chi connectivity index (χ1v) is 17.9. The van der Waals surface area contributed by atoms with Crippen LogP contribution in [-0.2, 0) is 24.3 Å². The molecule has 10 heteroatoms.